The first-order valence-electron chi connectivity index (χ1n) is 6.86. The van der Waals surface area contributed by atoms with Crippen LogP contribution in [0.2, 0.25) is 0 Å². The van der Waals surface area contributed by atoms with Gasteiger partial charge < -0.3 is 10.1 Å². The van der Waals surface area contributed by atoms with Crippen LogP contribution in [0.4, 0.5) is 0 Å². The van der Waals surface area contributed by atoms with Gasteiger partial charge in [0.1, 0.15) is 5.75 Å². The van der Waals surface area contributed by atoms with Gasteiger partial charge in [0.25, 0.3) is 5.91 Å². The highest BCUT2D eigenvalue weighted by atomic mass is 16.5. The second-order valence-electron chi connectivity index (χ2n) is 6.03. The van der Waals surface area contributed by atoms with Crippen molar-refractivity contribution in [1.82, 2.24) is 10.3 Å². The lowest BCUT2D eigenvalue weighted by Gasteiger charge is -2.22. The lowest BCUT2D eigenvalue weighted by molar-refractivity contribution is -0.124. The minimum Gasteiger partial charge on any atom is -0.483 e. The Morgan fingerprint density at radius 2 is 2.11 bits per heavy atom. The van der Waals surface area contributed by atoms with Crippen molar-refractivity contribution in [2.24, 2.45) is 0 Å². The summed E-state index contributed by atoms with van der Waals surface area (Å²) in [6.45, 7) is 5.94. The molecule has 4 heteroatoms. The van der Waals surface area contributed by atoms with Crippen molar-refractivity contribution in [3.05, 3.63) is 23.5 Å². The van der Waals surface area contributed by atoms with Gasteiger partial charge in [-0.3, -0.25) is 9.78 Å². The van der Waals surface area contributed by atoms with Gasteiger partial charge in [0.05, 0.1) is 0 Å². The van der Waals surface area contributed by atoms with Crippen LogP contribution in [-0.4, -0.2) is 23.0 Å². The van der Waals surface area contributed by atoms with Crippen molar-refractivity contribution in [1.29, 1.82) is 0 Å². The number of hydrogen-bond acceptors (Lipinski definition) is 3. The Bertz CT molecular complexity index is 464. The van der Waals surface area contributed by atoms with Crippen molar-refractivity contribution < 1.29 is 9.53 Å². The molecule has 0 fully saturated rings. The number of ether oxygens (including phenoxy) is 1. The highest BCUT2D eigenvalue weighted by molar-refractivity contribution is 5.78. The summed E-state index contributed by atoms with van der Waals surface area (Å²) in [5.41, 5.74) is 2.08. The normalized spacial score (nSPS) is 14.7. The van der Waals surface area contributed by atoms with E-state index in [0.29, 0.717) is 0 Å². The molecular weight excluding hydrogens is 240 g/mol. The van der Waals surface area contributed by atoms with Gasteiger partial charge in [-0.25, -0.2) is 0 Å². The Kier molecular flexibility index (Phi) is 4.08. The van der Waals surface area contributed by atoms with Gasteiger partial charge in [-0.1, -0.05) is 0 Å². The fraction of sp³-hybridized carbons (Fsp3) is 0.600. The third kappa shape index (κ3) is 3.94. The molecule has 0 bridgehead atoms. The van der Waals surface area contributed by atoms with Crippen LogP contribution >= 0.6 is 0 Å². The SMILES string of the molecule is CC(C)(C)NC(=O)COc1ccnc2c1CCCC2. The van der Waals surface area contributed by atoms with Crippen molar-refractivity contribution >= 4 is 5.91 Å². The van der Waals surface area contributed by atoms with Crippen LogP contribution in [-0.2, 0) is 17.6 Å². The number of aryl methyl sites for hydroxylation is 1. The highest BCUT2D eigenvalue weighted by Gasteiger charge is 2.17. The van der Waals surface area contributed by atoms with E-state index in [9.17, 15) is 4.79 Å². The van der Waals surface area contributed by atoms with E-state index in [-0.39, 0.29) is 18.1 Å². The van der Waals surface area contributed by atoms with Gasteiger partial charge in [-0.2, -0.15) is 0 Å². The Hall–Kier alpha value is -1.58. The first-order chi connectivity index (χ1) is 8.96. The third-order valence-electron chi connectivity index (χ3n) is 3.07. The Labute approximate surface area is 114 Å². The van der Waals surface area contributed by atoms with E-state index < -0.39 is 0 Å². The van der Waals surface area contributed by atoms with Crippen molar-refractivity contribution in [2.45, 2.75) is 52.0 Å². The molecule has 19 heavy (non-hydrogen) atoms. The van der Waals surface area contributed by atoms with E-state index in [1.54, 1.807) is 6.20 Å². The average molecular weight is 262 g/mol. The van der Waals surface area contributed by atoms with Crippen LogP contribution in [0.15, 0.2) is 12.3 Å². The zero-order chi connectivity index (χ0) is 13.9. The highest BCUT2D eigenvalue weighted by Crippen LogP contribution is 2.27. The number of carbonyl (C=O) groups excluding carboxylic acids is 1. The van der Waals surface area contributed by atoms with Crippen molar-refractivity contribution in [2.75, 3.05) is 6.61 Å². The van der Waals surface area contributed by atoms with Gasteiger partial charge in [0.2, 0.25) is 0 Å². The molecule has 0 unspecified atom stereocenters. The predicted octanol–water partition coefficient (Wildman–Crippen LogP) is 2.25. The summed E-state index contributed by atoms with van der Waals surface area (Å²) in [5.74, 6) is 0.725. The quantitative estimate of drug-likeness (QED) is 0.909. The Balaban J connectivity index is 1.98. The number of rotatable bonds is 3. The van der Waals surface area contributed by atoms with E-state index >= 15 is 0 Å². The predicted molar refractivity (Wildman–Crippen MR) is 74.3 cm³/mol. The maximum absolute atomic E-state index is 11.7. The number of fused-ring (bicyclic) bond motifs is 1. The lowest BCUT2D eigenvalue weighted by atomic mass is 9.95. The summed E-state index contributed by atoms with van der Waals surface area (Å²) in [6, 6.07) is 1.86. The molecule has 0 saturated heterocycles. The smallest absolute Gasteiger partial charge is 0.258 e. The largest absolute Gasteiger partial charge is 0.483 e. The first kappa shape index (κ1) is 13.8. The molecule has 104 valence electrons. The fourth-order valence-electron chi connectivity index (χ4n) is 2.33. The number of amides is 1. The third-order valence-corrected chi connectivity index (χ3v) is 3.07. The maximum atomic E-state index is 11.7. The van der Waals surface area contributed by atoms with Crippen molar-refractivity contribution in [3.63, 3.8) is 0 Å². The molecule has 4 nitrogen and oxygen atoms in total. The molecule has 1 aliphatic carbocycles. The molecule has 0 atom stereocenters. The summed E-state index contributed by atoms with van der Waals surface area (Å²) in [4.78, 5) is 16.1. The van der Waals surface area contributed by atoms with Crippen LogP contribution in [0, 0.1) is 0 Å². The molecule has 1 aromatic heterocycles. The van der Waals surface area contributed by atoms with Crippen molar-refractivity contribution in [3.8, 4) is 5.75 Å². The molecule has 1 aliphatic rings. The van der Waals surface area contributed by atoms with Crippen LogP contribution in [0.25, 0.3) is 0 Å². The standard InChI is InChI=1S/C15H22N2O2/c1-15(2,3)17-14(18)10-19-13-8-9-16-12-7-5-4-6-11(12)13/h8-9H,4-7,10H2,1-3H3,(H,17,18). The summed E-state index contributed by atoms with van der Waals surface area (Å²) >= 11 is 0. The Morgan fingerprint density at radius 3 is 2.84 bits per heavy atom. The maximum Gasteiger partial charge on any atom is 0.258 e. The van der Waals surface area contributed by atoms with E-state index in [1.807, 2.05) is 26.8 Å². The molecule has 1 N–H and O–H groups in total. The zero-order valence-corrected chi connectivity index (χ0v) is 12.0. The number of nitrogens with zero attached hydrogens (tertiary/aromatic N) is 1. The molecular formula is C15H22N2O2. The van der Waals surface area contributed by atoms with E-state index in [1.165, 1.54) is 18.4 Å². The second kappa shape index (κ2) is 5.59. The minimum atomic E-state index is -0.224. The monoisotopic (exact) mass is 262 g/mol. The minimum absolute atomic E-state index is 0.0632. The van der Waals surface area contributed by atoms with E-state index in [2.05, 4.69) is 10.3 Å². The summed E-state index contributed by atoms with van der Waals surface area (Å²) in [7, 11) is 0. The zero-order valence-electron chi connectivity index (χ0n) is 12.0. The van der Waals surface area contributed by atoms with Gasteiger partial charge in [0.15, 0.2) is 6.61 Å². The number of hydrogen-bond donors (Lipinski definition) is 1. The lowest BCUT2D eigenvalue weighted by Crippen LogP contribution is -2.43. The van der Waals surface area contributed by atoms with Crippen LogP contribution in [0.3, 0.4) is 0 Å². The van der Waals surface area contributed by atoms with Crippen LogP contribution in [0.5, 0.6) is 5.75 Å². The van der Waals surface area contributed by atoms with Crippen LogP contribution < -0.4 is 10.1 Å². The van der Waals surface area contributed by atoms with Gasteiger partial charge in [0, 0.05) is 23.0 Å². The van der Waals surface area contributed by atoms with Gasteiger partial charge in [-0.15, -0.1) is 0 Å². The number of carbonyl (C=O) groups is 1. The van der Waals surface area contributed by atoms with Crippen LogP contribution in [0.1, 0.15) is 44.9 Å². The summed E-state index contributed by atoms with van der Waals surface area (Å²) < 4.78 is 5.66. The van der Waals surface area contributed by atoms with E-state index in [0.717, 1.165) is 24.3 Å². The molecule has 1 heterocycles. The molecule has 1 aromatic rings. The van der Waals surface area contributed by atoms with Gasteiger partial charge in [-0.05, 0) is 52.5 Å². The topological polar surface area (TPSA) is 51.2 Å². The summed E-state index contributed by atoms with van der Waals surface area (Å²) in [6.07, 6.45) is 6.14. The molecule has 0 aromatic carbocycles. The molecule has 0 saturated carbocycles. The molecule has 0 spiro atoms. The number of aromatic nitrogens is 1. The Morgan fingerprint density at radius 1 is 1.37 bits per heavy atom. The van der Waals surface area contributed by atoms with E-state index in [4.69, 9.17) is 4.74 Å². The summed E-state index contributed by atoms with van der Waals surface area (Å²) in [5, 5.41) is 2.89. The second-order valence-corrected chi connectivity index (χ2v) is 6.03. The molecule has 2 rings (SSSR count). The van der Waals surface area contributed by atoms with Gasteiger partial charge >= 0.3 is 0 Å². The average Bonchev–Trinajstić information content (AvgIpc) is 2.34. The fourth-order valence-corrected chi connectivity index (χ4v) is 2.33. The first-order valence-corrected chi connectivity index (χ1v) is 6.86. The molecule has 1 amide bonds. The molecule has 0 aliphatic heterocycles. The number of pyridine rings is 1. The molecule has 0 radical (unpaired) electrons. The number of nitrogens with one attached hydrogen (secondary N) is 1.